The molecule has 8 heteroatoms. The van der Waals surface area contributed by atoms with Crippen molar-refractivity contribution in [2.45, 2.75) is 24.8 Å². The lowest BCUT2D eigenvalue weighted by atomic mass is 9.78. The molecule has 0 saturated heterocycles. The molecule has 43 heavy (non-hydrogen) atoms. The monoisotopic (exact) mass is 591 g/mol. The van der Waals surface area contributed by atoms with E-state index in [0.29, 0.717) is 40.8 Å². The summed E-state index contributed by atoms with van der Waals surface area (Å²) >= 11 is 6.14. The van der Waals surface area contributed by atoms with Crippen LogP contribution in [0.2, 0.25) is 0 Å². The lowest BCUT2D eigenvalue weighted by Gasteiger charge is -2.37. The van der Waals surface area contributed by atoms with Crippen molar-refractivity contribution in [1.29, 1.82) is 0 Å². The summed E-state index contributed by atoms with van der Waals surface area (Å²) in [6, 6.07) is 31.2. The summed E-state index contributed by atoms with van der Waals surface area (Å²) in [7, 11) is 4.75. The van der Waals surface area contributed by atoms with Gasteiger partial charge in [0.25, 0.3) is 0 Å². The van der Waals surface area contributed by atoms with E-state index in [1.807, 2.05) is 89.8 Å². The second-order valence-corrected chi connectivity index (χ2v) is 10.9. The first-order valence-corrected chi connectivity index (χ1v) is 14.6. The number of hydrogen-bond donors (Lipinski definition) is 2. The van der Waals surface area contributed by atoms with Crippen molar-refractivity contribution in [3.8, 4) is 17.2 Å². The predicted molar refractivity (Wildman–Crippen MR) is 174 cm³/mol. The number of fused-ring (bicyclic) bond motifs is 1. The zero-order valence-corrected chi connectivity index (χ0v) is 25.1. The van der Waals surface area contributed by atoms with E-state index in [2.05, 4.69) is 22.8 Å². The first-order chi connectivity index (χ1) is 21.0. The second kappa shape index (κ2) is 12.2. The molecule has 6 rings (SSSR count). The Morgan fingerprint density at radius 1 is 0.814 bits per heavy atom. The Morgan fingerprint density at radius 2 is 1.44 bits per heavy atom. The van der Waals surface area contributed by atoms with Crippen molar-refractivity contribution >= 4 is 40.2 Å². The number of anilines is 3. The van der Waals surface area contributed by atoms with Gasteiger partial charge < -0.3 is 29.7 Å². The zero-order chi connectivity index (χ0) is 29.9. The van der Waals surface area contributed by atoms with Crippen molar-refractivity contribution in [3.63, 3.8) is 0 Å². The number of para-hydroxylation sites is 3. The fourth-order valence-electron chi connectivity index (χ4n) is 6.05. The third kappa shape index (κ3) is 5.42. The van der Waals surface area contributed by atoms with Crippen molar-refractivity contribution in [1.82, 2.24) is 0 Å². The minimum atomic E-state index is -0.590. The van der Waals surface area contributed by atoms with Gasteiger partial charge in [-0.1, -0.05) is 60.7 Å². The molecule has 0 amide bonds. The van der Waals surface area contributed by atoms with Crippen LogP contribution in [0.5, 0.6) is 17.2 Å². The highest BCUT2D eigenvalue weighted by Gasteiger charge is 2.41. The summed E-state index contributed by atoms with van der Waals surface area (Å²) < 4.78 is 17.1. The zero-order valence-electron chi connectivity index (χ0n) is 24.3. The number of carbonyl (C=O) groups is 1. The molecule has 2 aliphatic rings. The normalized spacial score (nSPS) is 17.7. The van der Waals surface area contributed by atoms with E-state index in [4.69, 9.17) is 26.4 Å². The number of carbonyl (C=O) groups excluding carboxylic acids is 1. The predicted octanol–water partition coefficient (Wildman–Crippen LogP) is 7.48. The number of nitrogens with one attached hydrogen (secondary N) is 2. The van der Waals surface area contributed by atoms with Gasteiger partial charge in [0.1, 0.15) is 0 Å². The summed E-state index contributed by atoms with van der Waals surface area (Å²) in [6.07, 6.45) is 1.06. The lowest BCUT2D eigenvalue weighted by molar-refractivity contribution is -0.116. The van der Waals surface area contributed by atoms with Gasteiger partial charge in [-0.05, 0) is 72.1 Å². The largest absolute Gasteiger partial charge is 0.493 e. The van der Waals surface area contributed by atoms with Gasteiger partial charge in [0, 0.05) is 23.4 Å². The first kappa shape index (κ1) is 28.3. The van der Waals surface area contributed by atoms with Gasteiger partial charge in [-0.2, -0.15) is 0 Å². The number of ketones is 1. The molecule has 1 aliphatic carbocycles. The Kier molecular flexibility index (Phi) is 8.03. The summed E-state index contributed by atoms with van der Waals surface area (Å²) in [5.74, 6) is 1.58. The number of thiocarbonyl (C=S) groups is 1. The molecule has 0 aromatic heterocycles. The summed E-state index contributed by atoms with van der Waals surface area (Å²) in [4.78, 5) is 16.4. The molecule has 1 aliphatic heterocycles. The quantitative estimate of drug-likeness (QED) is 0.224. The van der Waals surface area contributed by atoms with Gasteiger partial charge in [0.05, 0.1) is 38.7 Å². The van der Waals surface area contributed by atoms with Gasteiger partial charge in [-0.25, -0.2) is 0 Å². The van der Waals surface area contributed by atoms with Crippen LogP contribution in [0.3, 0.4) is 0 Å². The summed E-state index contributed by atoms with van der Waals surface area (Å²) in [5.41, 5.74) is 6.01. The average Bonchev–Trinajstić information content (AvgIpc) is 3.19. The highest BCUT2D eigenvalue weighted by atomic mass is 32.1. The van der Waals surface area contributed by atoms with Crippen LogP contribution in [-0.4, -0.2) is 32.2 Å². The van der Waals surface area contributed by atoms with Crippen LogP contribution in [0.25, 0.3) is 0 Å². The van der Waals surface area contributed by atoms with Crippen molar-refractivity contribution < 1.29 is 19.0 Å². The summed E-state index contributed by atoms with van der Waals surface area (Å²) in [6.45, 7) is 0. The SMILES string of the molecule is COc1cc([C@@H]2C3=C(C[C@@H](c4ccccc4)CC3=O)Nc3ccccc3N2C(=S)Nc2ccccc2)cc(OC)c1OC. The Hall–Kier alpha value is -4.82. The molecule has 1 heterocycles. The van der Waals surface area contributed by atoms with Crippen LogP contribution >= 0.6 is 12.2 Å². The molecular weight excluding hydrogens is 558 g/mol. The highest BCUT2D eigenvalue weighted by molar-refractivity contribution is 7.80. The van der Waals surface area contributed by atoms with E-state index in [-0.39, 0.29) is 11.7 Å². The van der Waals surface area contributed by atoms with E-state index < -0.39 is 6.04 Å². The molecule has 0 radical (unpaired) electrons. The minimum Gasteiger partial charge on any atom is -0.493 e. The number of hydrogen-bond acceptors (Lipinski definition) is 6. The summed E-state index contributed by atoms with van der Waals surface area (Å²) in [5, 5.41) is 7.53. The molecule has 2 atom stereocenters. The maximum Gasteiger partial charge on any atom is 0.203 e. The number of Topliss-reactive ketones (excluding diaryl/α,β-unsaturated/α-hetero) is 1. The first-order valence-electron chi connectivity index (χ1n) is 14.1. The maximum absolute atomic E-state index is 14.4. The van der Waals surface area contributed by atoms with Crippen LogP contribution in [0.1, 0.15) is 35.9 Å². The number of allylic oxidation sites excluding steroid dienone is 1. The van der Waals surface area contributed by atoms with Crippen molar-refractivity contribution in [2.24, 2.45) is 0 Å². The molecule has 4 aromatic rings. The Labute approximate surface area is 257 Å². The smallest absolute Gasteiger partial charge is 0.203 e. The molecule has 0 saturated carbocycles. The van der Waals surface area contributed by atoms with Gasteiger partial charge in [-0.3, -0.25) is 4.79 Å². The van der Waals surface area contributed by atoms with Gasteiger partial charge >= 0.3 is 0 Å². The van der Waals surface area contributed by atoms with Crippen LogP contribution in [-0.2, 0) is 4.79 Å². The maximum atomic E-state index is 14.4. The van der Waals surface area contributed by atoms with E-state index in [9.17, 15) is 4.79 Å². The van der Waals surface area contributed by atoms with E-state index >= 15 is 0 Å². The number of nitrogens with zero attached hydrogens (tertiary/aromatic N) is 1. The van der Waals surface area contributed by atoms with Gasteiger partial charge in [0.2, 0.25) is 5.75 Å². The fourth-order valence-corrected chi connectivity index (χ4v) is 6.38. The molecule has 0 bridgehead atoms. The van der Waals surface area contributed by atoms with Gasteiger partial charge in [0.15, 0.2) is 22.4 Å². The van der Waals surface area contributed by atoms with E-state index in [1.165, 1.54) is 0 Å². The Balaban J connectivity index is 1.58. The standard InChI is InChI=1S/C35H33N3O4S/c1-40-30-20-24(21-31(41-2)34(30)42-3)33-32-27(18-23(19-29(32)39)22-12-6-4-7-13-22)37-26-16-10-11-17-28(26)38(33)35(43)36-25-14-8-5-9-15-25/h4-17,20-21,23,33,37H,18-19H2,1-3H3,(H,36,43)/t23-,33-/m1/s1. The molecule has 2 N–H and O–H groups in total. The van der Waals surface area contributed by atoms with Crippen LogP contribution in [0, 0.1) is 0 Å². The number of ether oxygens (including phenoxy) is 3. The van der Waals surface area contributed by atoms with Crippen LogP contribution < -0.4 is 29.7 Å². The molecule has 0 fully saturated rings. The minimum absolute atomic E-state index is 0.0497. The third-order valence-electron chi connectivity index (χ3n) is 8.01. The van der Waals surface area contributed by atoms with Crippen molar-refractivity contribution in [3.05, 3.63) is 119 Å². The van der Waals surface area contributed by atoms with Crippen molar-refractivity contribution in [2.75, 3.05) is 36.9 Å². The number of benzene rings is 4. The molecule has 218 valence electrons. The molecule has 0 unspecified atom stereocenters. The number of methoxy groups -OCH3 is 3. The molecule has 7 nitrogen and oxygen atoms in total. The Morgan fingerprint density at radius 3 is 2.09 bits per heavy atom. The second-order valence-electron chi connectivity index (χ2n) is 10.5. The van der Waals surface area contributed by atoms with E-state index in [1.54, 1.807) is 21.3 Å². The fraction of sp³-hybridized carbons (Fsp3) is 0.200. The molecule has 4 aromatic carbocycles. The third-order valence-corrected chi connectivity index (χ3v) is 8.31. The topological polar surface area (TPSA) is 72.1 Å². The van der Waals surface area contributed by atoms with E-state index in [0.717, 1.165) is 33.9 Å². The molecule has 0 spiro atoms. The highest BCUT2D eigenvalue weighted by Crippen LogP contribution is 2.50. The average molecular weight is 592 g/mol. The van der Waals surface area contributed by atoms with Crippen LogP contribution in [0.4, 0.5) is 17.1 Å². The van der Waals surface area contributed by atoms with Crippen LogP contribution in [0.15, 0.2) is 108 Å². The Bertz CT molecular complexity index is 1670. The molecular formula is C35H33N3O4S. The lowest BCUT2D eigenvalue weighted by Crippen LogP contribution is -2.40. The number of rotatable bonds is 6. The van der Waals surface area contributed by atoms with Gasteiger partial charge in [-0.15, -0.1) is 0 Å².